The van der Waals surface area contributed by atoms with Crippen LogP contribution in [0.3, 0.4) is 0 Å². The van der Waals surface area contributed by atoms with Gasteiger partial charge in [-0.25, -0.2) is 4.39 Å². The lowest BCUT2D eigenvalue weighted by Gasteiger charge is -2.28. The second kappa shape index (κ2) is 5.47. The molecule has 1 atom stereocenters. The monoisotopic (exact) mass is 239 g/mol. The summed E-state index contributed by atoms with van der Waals surface area (Å²) in [4.78, 5) is 0. The molecule has 1 saturated heterocycles. The summed E-state index contributed by atoms with van der Waals surface area (Å²) < 4.78 is 23.8. The lowest BCUT2D eigenvalue weighted by Crippen LogP contribution is -2.27. The van der Waals surface area contributed by atoms with E-state index >= 15 is 0 Å². The number of halogens is 1. The van der Waals surface area contributed by atoms with Crippen LogP contribution in [0.2, 0.25) is 0 Å². The maximum atomic E-state index is 13.3. The van der Waals surface area contributed by atoms with Gasteiger partial charge in [-0.2, -0.15) is 0 Å². The van der Waals surface area contributed by atoms with Crippen molar-refractivity contribution in [2.24, 2.45) is 11.7 Å². The first kappa shape index (κ1) is 12.3. The van der Waals surface area contributed by atoms with Gasteiger partial charge in [0.1, 0.15) is 11.6 Å². The van der Waals surface area contributed by atoms with E-state index in [2.05, 4.69) is 0 Å². The highest BCUT2D eigenvalue weighted by atomic mass is 19.1. The topological polar surface area (TPSA) is 44.5 Å². The smallest absolute Gasteiger partial charge is 0.123 e. The van der Waals surface area contributed by atoms with Gasteiger partial charge in [-0.1, -0.05) is 0 Å². The lowest BCUT2D eigenvalue weighted by atomic mass is 9.87. The number of hydrogen-bond donors (Lipinski definition) is 1. The molecule has 17 heavy (non-hydrogen) atoms. The Bertz CT molecular complexity index is 378. The summed E-state index contributed by atoms with van der Waals surface area (Å²) in [5.74, 6) is 0.716. The summed E-state index contributed by atoms with van der Waals surface area (Å²) in [7, 11) is 1.58. The predicted molar refractivity (Wildman–Crippen MR) is 63.4 cm³/mol. The number of ether oxygens (including phenoxy) is 2. The van der Waals surface area contributed by atoms with Crippen molar-refractivity contribution in [3.05, 3.63) is 29.6 Å². The third kappa shape index (κ3) is 2.76. The molecule has 1 aliphatic heterocycles. The maximum absolute atomic E-state index is 13.3. The molecule has 0 amide bonds. The van der Waals surface area contributed by atoms with E-state index in [1.807, 2.05) is 0 Å². The van der Waals surface area contributed by atoms with E-state index in [9.17, 15) is 4.39 Å². The van der Waals surface area contributed by atoms with Crippen LogP contribution < -0.4 is 10.5 Å². The SMILES string of the molecule is COc1ccc(F)cc1[C@@H](N)C1CCOCC1. The average molecular weight is 239 g/mol. The summed E-state index contributed by atoms with van der Waals surface area (Å²) in [6.45, 7) is 1.46. The van der Waals surface area contributed by atoms with Gasteiger partial charge >= 0.3 is 0 Å². The molecule has 1 fully saturated rings. The average Bonchev–Trinajstić information content (AvgIpc) is 2.39. The van der Waals surface area contributed by atoms with Crippen LogP contribution in [0, 0.1) is 11.7 Å². The molecule has 0 saturated carbocycles. The summed E-state index contributed by atoms with van der Waals surface area (Å²) in [5, 5.41) is 0. The van der Waals surface area contributed by atoms with Crippen LogP contribution in [0.15, 0.2) is 18.2 Å². The molecule has 0 unspecified atom stereocenters. The van der Waals surface area contributed by atoms with Gasteiger partial charge < -0.3 is 15.2 Å². The molecule has 0 spiro atoms. The van der Waals surface area contributed by atoms with Gasteiger partial charge in [0, 0.05) is 24.8 Å². The highest BCUT2D eigenvalue weighted by Crippen LogP contribution is 2.33. The molecule has 0 aromatic heterocycles. The molecule has 2 N–H and O–H groups in total. The zero-order valence-electron chi connectivity index (χ0n) is 9.99. The van der Waals surface area contributed by atoms with Gasteiger partial charge in [-0.05, 0) is 37.0 Å². The van der Waals surface area contributed by atoms with E-state index in [4.69, 9.17) is 15.2 Å². The van der Waals surface area contributed by atoms with Crippen LogP contribution in [0.1, 0.15) is 24.4 Å². The van der Waals surface area contributed by atoms with Crippen molar-refractivity contribution in [1.82, 2.24) is 0 Å². The molecular weight excluding hydrogens is 221 g/mol. The van der Waals surface area contributed by atoms with Gasteiger partial charge in [0.25, 0.3) is 0 Å². The Balaban J connectivity index is 2.21. The van der Waals surface area contributed by atoms with Crippen molar-refractivity contribution < 1.29 is 13.9 Å². The van der Waals surface area contributed by atoms with Crippen molar-refractivity contribution in [2.45, 2.75) is 18.9 Å². The number of rotatable bonds is 3. The predicted octanol–water partition coefficient (Wildman–Crippen LogP) is 2.26. The standard InChI is InChI=1S/C13H18FNO2/c1-16-12-3-2-10(14)8-11(12)13(15)9-4-6-17-7-5-9/h2-3,8-9,13H,4-7,15H2,1H3/t13-/m0/s1. The minimum atomic E-state index is -0.275. The Kier molecular flexibility index (Phi) is 3.97. The molecule has 1 aromatic rings. The molecule has 3 nitrogen and oxygen atoms in total. The second-order valence-corrected chi connectivity index (χ2v) is 4.36. The molecule has 94 valence electrons. The van der Waals surface area contributed by atoms with E-state index in [0.29, 0.717) is 11.7 Å². The summed E-state index contributed by atoms with van der Waals surface area (Å²) >= 11 is 0. The van der Waals surface area contributed by atoms with E-state index in [1.54, 1.807) is 13.2 Å². The zero-order valence-corrected chi connectivity index (χ0v) is 9.99. The first-order valence-corrected chi connectivity index (χ1v) is 5.89. The summed E-state index contributed by atoms with van der Waals surface area (Å²) in [6.07, 6.45) is 1.83. The Labute approximate surface area is 101 Å². The number of methoxy groups -OCH3 is 1. The minimum absolute atomic E-state index is 0.190. The van der Waals surface area contributed by atoms with Crippen LogP contribution in [0.4, 0.5) is 4.39 Å². The molecule has 0 bridgehead atoms. The van der Waals surface area contributed by atoms with Crippen LogP contribution in [-0.2, 0) is 4.74 Å². The largest absolute Gasteiger partial charge is 0.496 e. The molecular formula is C13H18FNO2. The fraction of sp³-hybridized carbons (Fsp3) is 0.538. The van der Waals surface area contributed by atoms with Crippen LogP contribution in [-0.4, -0.2) is 20.3 Å². The van der Waals surface area contributed by atoms with Crippen molar-refractivity contribution in [3.8, 4) is 5.75 Å². The molecule has 2 rings (SSSR count). The van der Waals surface area contributed by atoms with Crippen molar-refractivity contribution in [3.63, 3.8) is 0 Å². The molecule has 1 heterocycles. The van der Waals surface area contributed by atoms with E-state index in [0.717, 1.165) is 31.6 Å². The van der Waals surface area contributed by atoms with Gasteiger partial charge in [-0.15, -0.1) is 0 Å². The van der Waals surface area contributed by atoms with Crippen LogP contribution in [0.25, 0.3) is 0 Å². The van der Waals surface area contributed by atoms with Gasteiger partial charge in [0.05, 0.1) is 7.11 Å². The van der Waals surface area contributed by atoms with Crippen LogP contribution in [0.5, 0.6) is 5.75 Å². The van der Waals surface area contributed by atoms with Crippen molar-refractivity contribution in [1.29, 1.82) is 0 Å². The third-order valence-electron chi connectivity index (χ3n) is 3.32. The van der Waals surface area contributed by atoms with E-state index in [1.165, 1.54) is 12.1 Å². The fourth-order valence-corrected chi connectivity index (χ4v) is 2.29. The van der Waals surface area contributed by atoms with Crippen molar-refractivity contribution >= 4 is 0 Å². The van der Waals surface area contributed by atoms with Gasteiger partial charge in [0.2, 0.25) is 0 Å². The van der Waals surface area contributed by atoms with E-state index < -0.39 is 0 Å². The van der Waals surface area contributed by atoms with Gasteiger partial charge in [-0.3, -0.25) is 0 Å². The Morgan fingerprint density at radius 2 is 2.12 bits per heavy atom. The number of hydrogen-bond acceptors (Lipinski definition) is 3. The Hall–Kier alpha value is -1.13. The second-order valence-electron chi connectivity index (χ2n) is 4.36. The minimum Gasteiger partial charge on any atom is -0.496 e. The molecule has 1 aromatic carbocycles. The van der Waals surface area contributed by atoms with Gasteiger partial charge in [0.15, 0.2) is 0 Å². The molecule has 4 heteroatoms. The summed E-state index contributed by atoms with van der Waals surface area (Å²) in [6, 6.07) is 4.30. The van der Waals surface area contributed by atoms with E-state index in [-0.39, 0.29) is 11.9 Å². The highest BCUT2D eigenvalue weighted by molar-refractivity contribution is 5.36. The van der Waals surface area contributed by atoms with Crippen molar-refractivity contribution in [2.75, 3.05) is 20.3 Å². The maximum Gasteiger partial charge on any atom is 0.123 e. The first-order valence-electron chi connectivity index (χ1n) is 5.89. The number of nitrogens with two attached hydrogens (primary N) is 1. The first-order chi connectivity index (χ1) is 8.22. The number of benzene rings is 1. The molecule has 0 aliphatic carbocycles. The van der Waals surface area contributed by atoms with Crippen LogP contribution >= 0.6 is 0 Å². The Morgan fingerprint density at radius 1 is 1.41 bits per heavy atom. The lowest BCUT2D eigenvalue weighted by molar-refractivity contribution is 0.0581. The highest BCUT2D eigenvalue weighted by Gasteiger charge is 2.24. The summed E-state index contributed by atoms with van der Waals surface area (Å²) in [5.41, 5.74) is 6.96. The normalized spacial score (nSPS) is 19.0. The molecule has 0 radical (unpaired) electrons. The third-order valence-corrected chi connectivity index (χ3v) is 3.32. The Morgan fingerprint density at radius 3 is 2.76 bits per heavy atom. The quantitative estimate of drug-likeness (QED) is 0.880. The molecule has 1 aliphatic rings. The fourth-order valence-electron chi connectivity index (χ4n) is 2.29. The zero-order chi connectivity index (χ0) is 12.3.